The zero-order valence-corrected chi connectivity index (χ0v) is 19.1. The van der Waals surface area contributed by atoms with Crippen LogP contribution in [0.1, 0.15) is 36.8 Å². The summed E-state index contributed by atoms with van der Waals surface area (Å²) in [4.78, 5) is 27.2. The fraction of sp³-hybridized carbons (Fsp3) is 0.259. The lowest BCUT2D eigenvalue weighted by Crippen LogP contribution is -2.38. The highest BCUT2D eigenvalue weighted by molar-refractivity contribution is 6.01. The van der Waals surface area contributed by atoms with Crippen molar-refractivity contribution in [3.8, 4) is 0 Å². The lowest BCUT2D eigenvalue weighted by molar-refractivity contribution is -0.122. The van der Waals surface area contributed by atoms with Crippen LogP contribution in [0.25, 0.3) is 0 Å². The maximum atomic E-state index is 13.4. The summed E-state index contributed by atoms with van der Waals surface area (Å²) in [7, 11) is 0. The van der Waals surface area contributed by atoms with Crippen LogP contribution < -0.4 is 15.5 Å². The van der Waals surface area contributed by atoms with E-state index >= 15 is 0 Å². The molecule has 3 aromatic rings. The van der Waals surface area contributed by atoms with Gasteiger partial charge in [0.25, 0.3) is 0 Å². The number of urea groups is 1. The fourth-order valence-corrected chi connectivity index (χ4v) is 3.63. The Hall–Kier alpha value is -3.67. The second kappa shape index (κ2) is 11.8. The highest BCUT2D eigenvalue weighted by Crippen LogP contribution is 2.20. The number of hydrogen-bond acceptors (Lipinski definition) is 2. The van der Waals surface area contributed by atoms with Gasteiger partial charge in [-0.2, -0.15) is 0 Å². The predicted octanol–water partition coefficient (Wildman–Crippen LogP) is 5.87. The van der Waals surface area contributed by atoms with Crippen LogP contribution >= 0.6 is 0 Å². The van der Waals surface area contributed by atoms with E-state index < -0.39 is 0 Å². The van der Waals surface area contributed by atoms with Gasteiger partial charge in [-0.25, -0.2) is 9.18 Å². The quantitative estimate of drug-likeness (QED) is 0.403. The molecule has 0 aliphatic heterocycles. The molecule has 1 unspecified atom stereocenters. The Morgan fingerprint density at radius 1 is 0.939 bits per heavy atom. The lowest BCUT2D eigenvalue weighted by Gasteiger charge is -2.24. The molecule has 33 heavy (non-hydrogen) atoms. The van der Waals surface area contributed by atoms with Crippen molar-refractivity contribution in [1.29, 1.82) is 0 Å². The number of nitrogens with zero attached hydrogens (tertiary/aromatic N) is 1. The standard InChI is InChI=1S/C27H30FN3O2/c1-3-25(21-8-5-4-6-9-21)26(32)29-18-7-19-31(24-16-12-22(28)13-17-24)27(33)30-23-14-10-20(2)11-15-23/h4-6,8-17,25H,3,7,18-19H2,1-2H3,(H,29,32)(H,30,33). The van der Waals surface area contributed by atoms with Gasteiger partial charge in [-0.1, -0.05) is 55.0 Å². The van der Waals surface area contributed by atoms with E-state index in [0.717, 1.165) is 11.1 Å². The number of halogens is 1. The summed E-state index contributed by atoms with van der Waals surface area (Å²) < 4.78 is 13.4. The third kappa shape index (κ3) is 6.91. The molecule has 0 spiro atoms. The first-order valence-corrected chi connectivity index (χ1v) is 11.2. The number of carbonyl (C=O) groups excluding carboxylic acids is 2. The zero-order valence-electron chi connectivity index (χ0n) is 19.1. The van der Waals surface area contributed by atoms with Gasteiger partial charge in [-0.15, -0.1) is 0 Å². The summed E-state index contributed by atoms with van der Waals surface area (Å²) in [6, 6.07) is 22.7. The molecule has 3 aromatic carbocycles. The third-order valence-corrected chi connectivity index (χ3v) is 5.47. The van der Waals surface area contributed by atoms with Gasteiger partial charge in [0.2, 0.25) is 5.91 Å². The Kier molecular flexibility index (Phi) is 8.58. The highest BCUT2D eigenvalue weighted by Gasteiger charge is 2.19. The second-order valence-corrected chi connectivity index (χ2v) is 7.94. The third-order valence-electron chi connectivity index (χ3n) is 5.47. The van der Waals surface area contributed by atoms with Crippen LogP contribution in [-0.4, -0.2) is 25.0 Å². The lowest BCUT2D eigenvalue weighted by atomic mass is 9.96. The largest absolute Gasteiger partial charge is 0.356 e. The fourth-order valence-electron chi connectivity index (χ4n) is 3.63. The minimum absolute atomic E-state index is 0.0267. The number of anilines is 2. The van der Waals surface area contributed by atoms with Crippen molar-refractivity contribution in [2.45, 2.75) is 32.6 Å². The number of amides is 3. The minimum atomic E-state index is -0.364. The number of nitrogens with one attached hydrogen (secondary N) is 2. The number of benzene rings is 3. The van der Waals surface area contributed by atoms with Crippen LogP contribution in [-0.2, 0) is 4.79 Å². The number of hydrogen-bond donors (Lipinski definition) is 2. The topological polar surface area (TPSA) is 61.4 Å². The van der Waals surface area contributed by atoms with Gasteiger partial charge in [0.05, 0.1) is 5.92 Å². The van der Waals surface area contributed by atoms with Crippen LogP contribution in [0.3, 0.4) is 0 Å². The zero-order chi connectivity index (χ0) is 23.6. The van der Waals surface area contributed by atoms with Crippen molar-refractivity contribution in [2.75, 3.05) is 23.3 Å². The van der Waals surface area contributed by atoms with E-state index in [1.54, 1.807) is 17.0 Å². The van der Waals surface area contributed by atoms with Gasteiger partial charge < -0.3 is 10.6 Å². The minimum Gasteiger partial charge on any atom is -0.356 e. The molecule has 0 saturated carbocycles. The Morgan fingerprint density at radius 3 is 2.24 bits per heavy atom. The van der Waals surface area contributed by atoms with Crippen LogP contribution in [0, 0.1) is 12.7 Å². The Morgan fingerprint density at radius 2 is 1.61 bits per heavy atom. The molecule has 0 heterocycles. The monoisotopic (exact) mass is 447 g/mol. The van der Waals surface area contributed by atoms with E-state index in [0.29, 0.717) is 37.3 Å². The SMILES string of the molecule is CCC(C(=O)NCCCN(C(=O)Nc1ccc(C)cc1)c1ccc(F)cc1)c1ccccc1. The summed E-state index contributed by atoms with van der Waals surface area (Å²) in [5, 5.41) is 5.87. The average molecular weight is 448 g/mol. The van der Waals surface area contributed by atoms with Gasteiger partial charge in [0, 0.05) is 24.5 Å². The van der Waals surface area contributed by atoms with E-state index in [4.69, 9.17) is 0 Å². The summed E-state index contributed by atoms with van der Waals surface area (Å²) >= 11 is 0. The Bertz CT molecular complexity index is 1040. The number of aryl methyl sites for hydroxylation is 1. The molecule has 0 radical (unpaired) electrons. The Balaban J connectivity index is 1.61. The normalized spacial score (nSPS) is 11.5. The molecular formula is C27H30FN3O2. The molecule has 6 heteroatoms. The molecule has 3 rings (SSSR count). The van der Waals surface area contributed by atoms with E-state index in [9.17, 15) is 14.0 Å². The molecular weight excluding hydrogens is 417 g/mol. The molecule has 0 bridgehead atoms. The van der Waals surface area contributed by atoms with Crippen LogP contribution in [0.5, 0.6) is 0 Å². The molecule has 0 aromatic heterocycles. The van der Waals surface area contributed by atoms with Gasteiger partial charge >= 0.3 is 6.03 Å². The van der Waals surface area contributed by atoms with Gasteiger partial charge in [0.1, 0.15) is 5.82 Å². The molecule has 0 aliphatic carbocycles. The van der Waals surface area contributed by atoms with Crippen molar-refractivity contribution in [3.05, 3.63) is 95.8 Å². The number of rotatable bonds is 9. The predicted molar refractivity (Wildman–Crippen MR) is 131 cm³/mol. The van der Waals surface area contributed by atoms with E-state index in [2.05, 4.69) is 10.6 Å². The van der Waals surface area contributed by atoms with E-state index in [1.165, 1.54) is 12.1 Å². The smallest absolute Gasteiger partial charge is 0.326 e. The first-order valence-electron chi connectivity index (χ1n) is 11.2. The molecule has 0 fully saturated rings. The maximum absolute atomic E-state index is 13.4. The van der Waals surface area contributed by atoms with Crippen molar-refractivity contribution in [2.24, 2.45) is 0 Å². The van der Waals surface area contributed by atoms with Crippen LogP contribution in [0.2, 0.25) is 0 Å². The molecule has 172 valence electrons. The number of carbonyl (C=O) groups is 2. The van der Waals surface area contributed by atoms with Gasteiger partial charge in [-0.3, -0.25) is 9.69 Å². The van der Waals surface area contributed by atoms with Crippen molar-refractivity contribution >= 4 is 23.3 Å². The first-order chi connectivity index (χ1) is 16.0. The Labute approximate surface area is 194 Å². The van der Waals surface area contributed by atoms with E-state index in [-0.39, 0.29) is 23.7 Å². The second-order valence-electron chi connectivity index (χ2n) is 7.94. The molecule has 0 aliphatic rings. The molecule has 5 nitrogen and oxygen atoms in total. The van der Waals surface area contributed by atoms with E-state index in [1.807, 2.05) is 68.4 Å². The molecule has 3 amide bonds. The molecule has 0 saturated heterocycles. The summed E-state index contributed by atoms with van der Waals surface area (Å²) in [5.74, 6) is -0.596. The van der Waals surface area contributed by atoms with Crippen LogP contribution in [0.15, 0.2) is 78.9 Å². The van der Waals surface area contributed by atoms with Gasteiger partial charge in [-0.05, 0) is 61.7 Å². The van der Waals surface area contributed by atoms with Crippen molar-refractivity contribution in [3.63, 3.8) is 0 Å². The first kappa shape index (κ1) is 24.0. The molecule has 2 N–H and O–H groups in total. The summed E-state index contributed by atoms with van der Waals surface area (Å²) in [5.41, 5.74) is 3.35. The maximum Gasteiger partial charge on any atom is 0.326 e. The van der Waals surface area contributed by atoms with Crippen LogP contribution in [0.4, 0.5) is 20.6 Å². The molecule has 1 atom stereocenters. The highest BCUT2D eigenvalue weighted by atomic mass is 19.1. The average Bonchev–Trinajstić information content (AvgIpc) is 2.82. The van der Waals surface area contributed by atoms with Crippen molar-refractivity contribution in [1.82, 2.24) is 5.32 Å². The summed E-state index contributed by atoms with van der Waals surface area (Å²) in [6.07, 6.45) is 1.26. The summed E-state index contributed by atoms with van der Waals surface area (Å²) in [6.45, 7) is 4.76. The van der Waals surface area contributed by atoms with Crippen molar-refractivity contribution < 1.29 is 14.0 Å². The van der Waals surface area contributed by atoms with Gasteiger partial charge in [0.15, 0.2) is 0 Å².